The molecule has 0 aliphatic carbocycles. The number of nitrogens with one attached hydrogen (secondary N) is 1. The van der Waals surface area contributed by atoms with Crippen molar-refractivity contribution >= 4 is 23.3 Å². The zero-order valence-electron chi connectivity index (χ0n) is 13.8. The lowest BCUT2D eigenvalue weighted by molar-refractivity contribution is 0.219. The fraction of sp³-hybridized carbons (Fsp3) is 0.438. The largest absolute Gasteiger partial charge is 0.339 e. The van der Waals surface area contributed by atoms with Crippen LogP contribution >= 0.6 is 11.6 Å². The molecule has 2 amide bonds. The Balaban J connectivity index is 1.94. The average molecular weight is 337 g/mol. The Morgan fingerprint density at radius 1 is 1.43 bits per heavy atom. The maximum atomic E-state index is 12.2. The number of hydrogen-bond donors (Lipinski definition) is 1. The molecule has 0 fully saturated rings. The van der Waals surface area contributed by atoms with Crippen molar-refractivity contribution in [1.29, 1.82) is 0 Å². The third kappa shape index (κ3) is 4.96. The van der Waals surface area contributed by atoms with E-state index < -0.39 is 0 Å². The predicted molar refractivity (Wildman–Crippen MR) is 89.5 cm³/mol. The molecule has 124 valence electrons. The van der Waals surface area contributed by atoms with Crippen LogP contribution in [0.25, 0.3) is 0 Å². The van der Waals surface area contributed by atoms with E-state index in [1.54, 1.807) is 13.1 Å². The van der Waals surface area contributed by atoms with Crippen LogP contribution in [0.1, 0.15) is 31.1 Å². The first kappa shape index (κ1) is 17.3. The molecule has 0 radical (unpaired) electrons. The van der Waals surface area contributed by atoms with Crippen molar-refractivity contribution < 1.29 is 9.32 Å². The summed E-state index contributed by atoms with van der Waals surface area (Å²) in [6, 6.07) is 5.12. The summed E-state index contributed by atoms with van der Waals surface area (Å²) in [6.07, 6.45) is 0.727. The SMILES string of the molecule is Cc1ccc(NC(=O)N(C)Cc2noc(CC(C)C)n2)cc1Cl. The summed E-state index contributed by atoms with van der Waals surface area (Å²) in [5.41, 5.74) is 1.61. The van der Waals surface area contributed by atoms with Gasteiger partial charge >= 0.3 is 6.03 Å². The van der Waals surface area contributed by atoms with Crippen LogP contribution in [-0.2, 0) is 13.0 Å². The van der Waals surface area contributed by atoms with E-state index in [2.05, 4.69) is 29.3 Å². The molecule has 0 bridgehead atoms. The highest BCUT2D eigenvalue weighted by atomic mass is 35.5. The number of aryl methyl sites for hydroxylation is 1. The zero-order valence-corrected chi connectivity index (χ0v) is 14.5. The Labute approximate surface area is 140 Å². The fourth-order valence-corrected chi connectivity index (χ4v) is 2.14. The number of benzene rings is 1. The minimum atomic E-state index is -0.264. The number of anilines is 1. The van der Waals surface area contributed by atoms with Gasteiger partial charge in [-0.25, -0.2) is 4.79 Å². The molecule has 0 saturated heterocycles. The number of hydrogen-bond acceptors (Lipinski definition) is 4. The normalized spacial score (nSPS) is 10.9. The molecule has 0 saturated carbocycles. The Kier molecular flexibility index (Phi) is 5.60. The fourth-order valence-electron chi connectivity index (χ4n) is 1.96. The summed E-state index contributed by atoms with van der Waals surface area (Å²) in [5, 5.41) is 7.29. The summed E-state index contributed by atoms with van der Waals surface area (Å²) >= 11 is 6.05. The molecule has 0 atom stereocenters. The van der Waals surface area contributed by atoms with Gasteiger partial charge in [0, 0.05) is 24.2 Å². The van der Waals surface area contributed by atoms with Crippen LogP contribution in [0.15, 0.2) is 22.7 Å². The lowest BCUT2D eigenvalue weighted by Crippen LogP contribution is -2.31. The van der Waals surface area contributed by atoms with Crippen molar-refractivity contribution in [1.82, 2.24) is 15.0 Å². The van der Waals surface area contributed by atoms with Gasteiger partial charge < -0.3 is 14.7 Å². The molecule has 1 aromatic heterocycles. The first-order chi connectivity index (χ1) is 10.8. The molecule has 6 nitrogen and oxygen atoms in total. The van der Waals surface area contributed by atoms with E-state index in [9.17, 15) is 4.79 Å². The molecule has 23 heavy (non-hydrogen) atoms. The van der Waals surface area contributed by atoms with Gasteiger partial charge in [0.05, 0.1) is 6.54 Å². The van der Waals surface area contributed by atoms with Crippen molar-refractivity contribution in [3.63, 3.8) is 0 Å². The standard InChI is InChI=1S/C16H21ClN4O2/c1-10(2)7-15-19-14(20-23-15)9-21(4)16(22)18-12-6-5-11(3)13(17)8-12/h5-6,8,10H,7,9H2,1-4H3,(H,18,22). The quantitative estimate of drug-likeness (QED) is 0.899. The van der Waals surface area contributed by atoms with Crippen molar-refractivity contribution in [2.75, 3.05) is 12.4 Å². The van der Waals surface area contributed by atoms with Crippen LogP contribution in [0.4, 0.5) is 10.5 Å². The third-order valence-electron chi connectivity index (χ3n) is 3.24. The highest BCUT2D eigenvalue weighted by molar-refractivity contribution is 6.31. The maximum Gasteiger partial charge on any atom is 0.321 e. The maximum absolute atomic E-state index is 12.2. The molecule has 2 rings (SSSR count). The molecular formula is C16H21ClN4O2. The van der Waals surface area contributed by atoms with Gasteiger partial charge in [-0.15, -0.1) is 0 Å². The number of nitrogens with zero attached hydrogens (tertiary/aromatic N) is 3. The molecule has 1 N–H and O–H groups in total. The van der Waals surface area contributed by atoms with Gasteiger partial charge in [-0.1, -0.05) is 36.7 Å². The predicted octanol–water partition coefficient (Wildman–Crippen LogP) is 3.89. The molecule has 2 aromatic rings. The second kappa shape index (κ2) is 7.46. The van der Waals surface area contributed by atoms with Crippen LogP contribution in [0.2, 0.25) is 5.02 Å². The topological polar surface area (TPSA) is 71.3 Å². The van der Waals surface area contributed by atoms with Gasteiger partial charge in [-0.05, 0) is 30.5 Å². The van der Waals surface area contributed by atoms with Gasteiger partial charge in [0.15, 0.2) is 5.82 Å². The van der Waals surface area contributed by atoms with Crippen LogP contribution in [0, 0.1) is 12.8 Å². The van der Waals surface area contributed by atoms with Crippen molar-refractivity contribution in [2.45, 2.75) is 33.7 Å². The smallest absolute Gasteiger partial charge is 0.321 e. The first-order valence-electron chi connectivity index (χ1n) is 7.45. The zero-order chi connectivity index (χ0) is 17.0. The Morgan fingerprint density at radius 3 is 2.83 bits per heavy atom. The molecular weight excluding hydrogens is 316 g/mol. The average Bonchev–Trinajstić information content (AvgIpc) is 2.89. The van der Waals surface area contributed by atoms with Crippen LogP contribution in [-0.4, -0.2) is 28.1 Å². The van der Waals surface area contributed by atoms with Crippen LogP contribution < -0.4 is 5.32 Å². The molecule has 0 unspecified atom stereocenters. The molecule has 1 aromatic carbocycles. The third-order valence-corrected chi connectivity index (χ3v) is 3.65. The first-order valence-corrected chi connectivity index (χ1v) is 7.82. The number of carbonyl (C=O) groups is 1. The summed E-state index contributed by atoms with van der Waals surface area (Å²) in [6.45, 7) is 6.34. The van der Waals surface area contributed by atoms with E-state index in [0.717, 1.165) is 12.0 Å². The minimum absolute atomic E-state index is 0.264. The Hall–Kier alpha value is -2.08. The second-order valence-electron chi connectivity index (χ2n) is 5.95. The molecule has 7 heteroatoms. The van der Waals surface area contributed by atoms with Crippen LogP contribution in [0.5, 0.6) is 0 Å². The summed E-state index contributed by atoms with van der Waals surface area (Å²) in [4.78, 5) is 18.0. The number of amides is 2. The summed E-state index contributed by atoms with van der Waals surface area (Å²) < 4.78 is 5.17. The van der Waals surface area contributed by atoms with Gasteiger partial charge in [0.25, 0.3) is 0 Å². The number of halogens is 1. The summed E-state index contributed by atoms with van der Waals surface area (Å²) in [7, 11) is 1.67. The lowest BCUT2D eigenvalue weighted by Gasteiger charge is -2.16. The second-order valence-corrected chi connectivity index (χ2v) is 6.36. The van der Waals surface area contributed by atoms with Crippen molar-refractivity contribution in [3.8, 4) is 0 Å². The van der Waals surface area contributed by atoms with Gasteiger partial charge in [-0.3, -0.25) is 0 Å². The van der Waals surface area contributed by atoms with E-state index in [0.29, 0.717) is 28.3 Å². The number of carbonyl (C=O) groups excluding carboxylic acids is 1. The summed E-state index contributed by atoms with van der Waals surface area (Å²) in [5.74, 6) is 1.52. The molecule has 1 heterocycles. The van der Waals surface area contributed by atoms with E-state index in [1.807, 2.05) is 19.1 Å². The number of rotatable bonds is 5. The Bertz CT molecular complexity index is 684. The monoisotopic (exact) mass is 336 g/mol. The van der Waals surface area contributed by atoms with Crippen LogP contribution in [0.3, 0.4) is 0 Å². The number of aromatic nitrogens is 2. The Morgan fingerprint density at radius 2 is 2.17 bits per heavy atom. The van der Waals surface area contributed by atoms with E-state index >= 15 is 0 Å². The highest BCUT2D eigenvalue weighted by Crippen LogP contribution is 2.20. The minimum Gasteiger partial charge on any atom is -0.339 e. The van der Waals surface area contributed by atoms with Crippen molar-refractivity contribution in [3.05, 3.63) is 40.5 Å². The number of urea groups is 1. The van der Waals surface area contributed by atoms with Gasteiger partial charge in [-0.2, -0.15) is 4.98 Å². The van der Waals surface area contributed by atoms with E-state index in [1.165, 1.54) is 4.90 Å². The molecule has 0 aliphatic heterocycles. The highest BCUT2D eigenvalue weighted by Gasteiger charge is 2.14. The molecule has 0 spiro atoms. The van der Waals surface area contributed by atoms with E-state index in [4.69, 9.17) is 16.1 Å². The van der Waals surface area contributed by atoms with Crippen molar-refractivity contribution in [2.24, 2.45) is 5.92 Å². The molecule has 0 aliphatic rings. The van der Waals surface area contributed by atoms with E-state index in [-0.39, 0.29) is 12.6 Å². The van der Waals surface area contributed by atoms with Gasteiger partial charge in [0.1, 0.15) is 0 Å². The lowest BCUT2D eigenvalue weighted by atomic mass is 10.1. The van der Waals surface area contributed by atoms with Gasteiger partial charge in [0.2, 0.25) is 5.89 Å².